The summed E-state index contributed by atoms with van der Waals surface area (Å²) in [5.41, 5.74) is 0.453. The summed E-state index contributed by atoms with van der Waals surface area (Å²) >= 11 is 0. The van der Waals surface area contributed by atoms with Crippen LogP contribution in [0.25, 0.3) is 5.69 Å². The lowest BCUT2D eigenvalue weighted by atomic mass is 10.1. The van der Waals surface area contributed by atoms with Crippen molar-refractivity contribution in [1.82, 2.24) is 15.1 Å². The Hall–Kier alpha value is -3.16. The van der Waals surface area contributed by atoms with Crippen LogP contribution in [0.15, 0.2) is 60.8 Å². The number of nitrogens with one attached hydrogen (secondary N) is 1. The molecule has 3 aromatic rings. The molecule has 27 heavy (non-hydrogen) atoms. The van der Waals surface area contributed by atoms with E-state index >= 15 is 0 Å². The maximum atomic E-state index is 12.9. The molecule has 0 aliphatic carbocycles. The first-order valence-corrected chi connectivity index (χ1v) is 8.09. The van der Waals surface area contributed by atoms with Gasteiger partial charge in [0.05, 0.1) is 16.9 Å². The molecule has 1 N–H and O–H groups in total. The number of benzene rings is 2. The van der Waals surface area contributed by atoms with Crippen LogP contribution in [0.3, 0.4) is 0 Å². The van der Waals surface area contributed by atoms with Crippen molar-refractivity contribution in [2.75, 3.05) is 6.54 Å². The highest BCUT2D eigenvalue weighted by Crippen LogP contribution is 2.29. The Morgan fingerprint density at radius 3 is 2.52 bits per heavy atom. The fourth-order valence-corrected chi connectivity index (χ4v) is 2.48. The standard InChI is InChI=1S/C19H15F4N3O/c20-15-4-6-17(7-5-15)26-11-9-16(25-26)8-10-24-18(27)13-2-1-3-14(12-13)19(21,22)23/h1-7,9,11-12H,8,10H2,(H,24,27). The van der Waals surface area contributed by atoms with Crippen LogP contribution in [0.1, 0.15) is 21.6 Å². The Labute approximate surface area is 152 Å². The Morgan fingerprint density at radius 2 is 1.81 bits per heavy atom. The van der Waals surface area contributed by atoms with Gasteiger partial charge in [0.2, 0.25) is 0 Å². The summed E-state index contributed by atoms with van der Waals surface area (Å²) in [6.45, 7) is 0.218. The summed E-state index contributed by atoms with van der Waals surface area (Å²) in [4.78, 5) is 12.0. The molecule has 0 spiro atoms. The molecule has 0 radical (unpaired) electrons. The van der Waals surface area contributed by atoms with E-state index in [1.54, 1.807) is 29.1 Å². The van der Waals surface area contributed by atoms with Crippen molar-refractivity contribution in [3.63, 3.8) is 0 Å². The zero-order valence-electron chi connectivity index (χ0n) is 14.0. The molecule has 4 nitrogen and oxygen atoms in total. The molecule has 0 fully saturated rings. The second kappa shape index (κ2) is 7.61. The number of alkyl halides is 3. The second-order valence-corrected chi connectivity index (χ2v) is 5.81. The van der Waals surface area contributed by atoms with E-state index < -0.39 is 17.6 Å². The highest BCUT2D eigenvalue weighted by atomic mass is 19.4. The Balaban J connectivity index is 1.57. The first-order valence-electron chi connectivity index (χ1n) is 8.09. The summed E-state index contributed by atoms with van der Waals surface area (Å²) in [7, 11) is 0. The molecule has 0 saturated heterocycles. The number of nitrogens with zero attached hydrogens (tertiary/aromatic N) is 2. The van der Waals surface area contributed by atoms with E-state index in [2.05, 4.69) is 10.4 Å². The van der Waals surface area contributed by atoms with E-state index in [4.69, 9.17) is 0 Å². The van der Waals surface area contributed by atoms with Crippen molar-refractivity contribution in [2.45, 2.75) is 12.6 Å². The number of hydrogen-bond donors (Lipinski definition) is 1. The van der Waals surface area contributed by atoms with Gasteiger partial charge in [-0.05, 0) is 48.5 Å². The quantitative estimate of drug-likeness (QED) is 0.683. The lowest BCUT2D eigenvalue weighted by molar-refractivity contribution is -0.137. The largest absolute Gasteiger partial charge is 0.416 e. The van der Waals surface area contributed by atoms with Crippen LogP contribution in [0, 0.1) is 5.82 Å². The van der Waals surface area contributed by atoms with E-state index in [-0.39, 0.29) is 17.9 Å². The smallest absolute Gasteiger partial charge is 0.352 e. The lowest BCUT2D eigenvalue weighted by Crippen LogP contribution is -2.26. The predicted molar refractivity (Wildman–Crippen MR) is 91.0 cm³/mol. The third-order valence-corrected chi connectivity index (χ3v) is 3.85. The number of amides is 1. The second-order valence-electron chi connectivity index (χ2n) is 5.81. The zero-order chi connectivity index (χ0) is 19.4. The Bertz CT molecular complexity index is 933. The molecule has 0 atom stereocenters. The molecule has 0 bridgehead atoms. The molecule has 2 aromatic carbocycles. The van der Waals surface area contributed by atoms with Gasteiger partial charge < -0.3 is 5.32 Å². The summed E-state index contributed by atoms with van der Waals surface area (Å²) in [5.74, 6) is -0.928. The number of aromatic nitrogens is 2. The molecule has 140 valence electrons. The van der Waals surface area contributed by atoms with Crippen molar-refractivity contribution >= 4 is 5.91 Å². The molecule has 1 heterocycles. The van der Waals surface area contributed by atoms with Gasteiger partial charge in [0.25, 0.3) is 5.91 Å². The van der Waals surface area contributed by atoms with Crippen LogP contribution in [0.2, 0.25) is 0 Å². The third kappa shape index (κ3) is 4.72. The van der Waals surface area contributed by atoms with Crippen LogP contribution in [-0.2, 0) is 12.6 Å². The number of rotatable bonds is 5. The van der Waals surface area contributed by atoms with Gasteiger partial charge in [-0.1, -0.05) is 6.07 Å². The number of halogens is 4. The van der Waals surface area contributed by atoms with E-state index in [0.29, 0.717) is 17.8 Å². The van der Waals surface area contributed by atoms with E-state index in [0.717, 1.165) is 12.1 Å². The van der Waals surface area contributed by atoms with Gasteiger partial charge in [-0.25, -0.2) is 9.07 Å². The average Bonchev–Trinajstić information content (AvgIpc) is 3.10. The summed E-state index contributed by atoms with van der Waals surface area (Å²) in [6, 6.07) is 11.8. The summed E-state index contributed by atoms with van der Waals surface area (Å²) in [5, 5.41) is 6.90. The number of hydrogen-bond acceptors (Lipinski definition) is 2. The fraction of sp³-hybridized carbons (Fsp3) is 0.158. The maximum absolute atomic E-state index is 12.9. The van der Waals surface area contributed by atoms with Crippen molar-refractivity contribution < 1.29 is 22.4 Å². The van der Waals surface area contributed by atoms with E-state index in [9.17, 15) is 22.4 Å². The predicted octanol–water partition coefficient (Wildman–Crippen LogP) is 4.00. The van der Waals surface area contributed by atoms with Gasteiger partial charge in [0, 0.05) is 24.7 Å². The molecule has 3 rings (SSSR count). The van der Waals surface area contributed by atoms with Gasteiger partial charge in [-0.2, -0.15) is 18.3 Å². The van der Waals surface area contributed by atoms with Crippen LogP contribution in [0.4, 0.5) is 17.6 Å². The lowest BCUT2D eigenvalue weighted by Gasteiger charge is -2.09. The van der Waals surface area contributed by atoms with Crippen molar-refractivity contribution in [3.05, 3.63) is 83.4 Å². The number of carbonyl (C=O) groups is 1. The summed E-state index contributed by atoms with van der Waals surface area (Å²) < 4.78 is 52.6. The molecular formula is C19H15F4N3O. The first-order chi connectivity index (χ1) is 12.8. The molecule has 0 saturated carbocycles. The molecule has 0 aliphatic rings. The van der Waals surface area contributed by atoms with Crippen molar-refractivity contribution in [2.24, 2.45) is 0 Å². The molecule has 8 heteroatoms. The van der Waals surface area contributed by atoms with Crippen LogP contribution >= 0.6 is 0 Å². The molecule has 1 aromatic heterocycles. The molecule has 0 unspecified atom stereocenters. The molecule has 1 amide bonds. The Morgan fingerprint density at radius 1 is 1.07 bits per heavy atom. The normalized spacial score (nSPS) is 11.4. The highest BCUT2D eigenvalue weighted by Gasteiger charge is 2.30. The highest BCUT2D eigenvalue weighted by molar-refractivity contribution is 5.94. The van der Waals surface area contributed by atoms with Gasteiger partial charge in [-0.3, -0.25) is 4.79 Å². The zero-order valence-corrected chi connectivity index (χ0v) is 14.0. The van der Waals surface area contributed by atoms with Gasteiger partial charge in [0.1, 0.15) is 5.82 Å². The minimum atomic E-state index is -4.50. The van der Waals surface area contributed by atoms with Crippen molar-refractivity contribution in [3.8, 4) is 5.69 Å². The first kappa shape index (κ1) is 18.6. The van der Waals surface area contributed by atoms with Crippen LogP contribution in [-0.4, -0.2) is 22.2 Å². The summed E-state index contributed by atoms with van der Waals surface area (Å²) in [6.07, 6.45) is -2.39. The minimum absolute atomic E-state index is 0.0540. The fourth-order valence-electron chi connectivity index (χ4n) is 2.48. The SMILES string of the molecule is O=C(NCCc1ccn(-c2ccc(F)cc2)n1)c1cccc(C(F)(F)F)c1. The van der Waals surface area contributed by atoms with E-state index in [1.165, 1.54) is 24.3 Å². The monoisotopic (exact) mass is 377 g/mol. The minimum Gasteiger partial charge on any atom is -0.352 e. The van der Waals surface area contributed by atoms with Gasteiger partial charge >= 0.3 is 6.18 Å². The maximum Gasteiger partial charge on any atom is 0.416 e. The van der Waals surface area contributed by atoms with Crippen molar-refractivity contribution in [1.29, 1.82) is 0 Å². The van der Waals surface area contributed by atoms with E-state index in [1.807, 2.05) is 0 Å². The Kier molecular flexibility index (Phi) is 5.25. The topological polar surface area (TPSA) is 46.9 Å². The third-order valence-electron chi connectivity index (χ3n) is 3.85. The average molecular weight is 377 g/mol. The van der Waals surface area contributed by atoms with Gasteiger partial charge in [0.15, 0.2) is 0 Å². The molecule has 0 aliphatic heterocycles. The van der Waals surface area contributed by atoms with Crippen LogP contribution < -0.4 is 5.32 Å². The van der Waals surface area contributed by atoms with Gasteiger partial charge in [-0.15, -0.1) is 0 Å². The number of carbonyl (C=O) groups excluding carboxylic acids is 1. The molecular weight excluding hydrogens is 362 g/mol. The van der Waals surface area contributed by atoms with Crippen LogP contribution in [0.5, 0.6) is 0 Å².